The summed E-state index contributed by atoms with van der Waals surface area (Å²) in [6.45, 7) is 9.01. The Balaban J connectivity index is 4.03. The van der Waals surface area contributed by atoms with E-state index < -0.39 is 20.2 Å². The average Bonchev–Trinajstić information content (AvgIpc) is 2.70. The third kappa shape index (κ3) is 23.9. The molecular weight excluding hydrogens is 472 g/mol. The van der Waals surface area contributed by atoms with E-state index in [1.165, 1.54) is 22.3 Å². The first kappa shape index (κ1) is 32.8. The molecule has 0 amide bonds. The lowest BCUT2D eigenvalue weighted by atomic mass is 10.0. The zero-order valence-corrected chi connectivity index (χ0v) is 23.7. The quantitative estimate of drug-likeness (QED) is 0.108. The molecule has 0 aliphatic rings. The van der Waals surface area contributed by atoms with E-state index in [1.54, 1.807) is 0 Å². The Bertz CT molecular complexity index is 907. The Morgan fingerprint density at radius 1 is 0.529 bits per heavy atom. The number of unbranched alkanes of at least 4 members (excludes halogenated alkanes) is 1. The second-order valence-corrected chi connectivity index (χ2v) is 12.4. The molecule has 0 spiro atoms. The topological polar surface area (TPSA) is 86.7 Å². The van der Waals surface area contributed by atoms with E-state index >= 15 is 0 Å². The monoisotopic (exact) mass is 518 g/mol. The van der Waals surface area contributed by atoms with Gasteiger partial charge in [-0.05, 0) is 91.9 Å². The van der Waals surface area contributed by atoms with E-state index in [4.69, 9.17) is 8.37 Å². The molecule has 0 aliphatic carbocycles. The van der Waals surface area contributed by atoms with Gasteiger partial charge in [-0.25, -0.2) is 0 Å². The fourth-order valence-electron chi connectivity index (χ4n) is 3.28. The maximum absolute atomic E-state index is 10.9. The molecular formula is C26H46O6S2. The van der Waals surface area contributed by atoms with Gasteiger partial charge in [0.2, 0.25) is 0 Å². The largest absolute Gasteiger partial charge is 0.270 e. The van der Waals surface area contributed by atoms with Crippen molar-refractivity contribution in [1.29, 1.82) is 0 Å². The van der Waals surface area contributed by atoms with Crippen molar-refractivity contribution in [1.82, 2.24) is 0 Å². The summed E-state index contributed by atoms with van der Waals surface area (Å²) in [5.74, 6) is 0. The van der Waals surface area contributed by atoms with Crippen LogP contribution in [0, 0.1) is 0 Å². The van der Waals surface area contributed by atoms with Gasteiger partial charge in [-0.1, -0.05) is 46.6 Å². The molecule has 0 aromatic rings. The summed E-state index contributed by atoms with van der Waals surface area (Å²) in [6, 6.07) is 0. The zero-order chi connectivity index (χ0) is 26.0. The first-order chi connectivity index (χ1) is 15.8. The van der Waals surface area contributed by atoms with Crippen LogP contribution in [0.2, 0.25) is 0 Å². The van der Waals surface area contributed by atoms with Gasteiger partial charge >= 0.3 is 0 Å². The van der Waals surface area contributed by atoms with Crippen LogP contribution < -0.4 is 0 Å². The SMILES string of the molecule is C/C(=C\CC/C=C(\C)CCCOS(C)(=O)=O)CC/C=C(\C)CC/C=C(\C)CCCOS(C)(=O)=O. The van der Waals surface area contributed by atoms with Gasteiger partial charge in [-0.3, -0.25) is 8.37 Å². The number of rotatable bonds is 19. The summed E-state index contributed by atoms with van der Waals surface area (Å²) in [5, 5.41) is 0. The van der Waals surface area contributed by atoms with Crippen LogP contribution in [0.15, 0.2) is 46.6 Å². The van der Waals surface area contributed by atoms with Crippen molar-refractivity contribution in [3.63, 3.8) is 0 Å². The van der Waals surface area contributed by atoms with Crippen molar-refractivity contribution in [3.05, 3.63) is 46.6 Å². The average molecular weight is 519 g/mol. The summed E-state index contributed by atoms with van der Waals surface area (Å²) < 4.78 is 53.3. The summed E-state index contributed by atoms with van der Waals surface area (Å²) >= 11 is 0. The van der Waals surface area contributed by atoms with E-state index in [2.05, 4.69) is 52.0 Å². The Morgan fingerprint density at radius 3 is 1.15 bits per heavy atom. The van der Waals surface area contributed by atoms with E-state index in [0.29, 0.717) is 12.8 Å². The van der Waals surface area contributed by atoms with Crippen molar-refractivity contribution in [2.75, 3.05) is 25.7 Å². The first-order valence-corrected chi connectivity index (χ1v) is 15.7. The predicted octanol–water partition coefficient (Wildman–Crippen LogP) is 6.63. The third-order valence-corrected chi connectivity index (χ3v) is 6.43. The minimum absolute atomic E-state index is 0.244. The zero-order valence-electron chi connectivity index (χ0n) is 22.1. The van der Waals surface area contributed by atoms with Crippen LogP contribution in [-0.2, 0) is 28.6 Å². The minimum Gasteiger partial charge on any atom is -0.270 e. The summed E-state index contributed by atoms with van der Waals surface area (Å²) in [4.78, 5) is 0. The lowest BCUT2D eigenvalue weighted by molar-refractivity contribution is 0.315. The molecule has 0 saturated carbocycles. The van der Waals surface area contributed by atoms with E-state index in [-0.39, 0.29) is 13.2 Å². The van der Waals surface area contributed by atoms with Gasteiger partial charge in [0.15, 0.2) is 0 Å². The van der Waals surface area contributed by atoms with Crippen LogP contribution >= 0.6 is 0 Å². The lowest BCUT2D eigenvalue weighted by Gasteiger charge is -2.04. The molecule has 0 radical (unpaired) electrons. The fourth-order valence-corrected chi connectivity index (χ4v) is 4.12. The van der Waals surface area contributed by atoms with Crippen molar-refractivity contribution >= 4 is 20.2 Å². The molecule has 0 aliphatic heterocycles. The highest BCUT2D eigenvalue weighted by atomic mass is 32.2. The van der Waals surface area contributed by atoms with Crippen LogP contribution in [0.4, 0.5) is 0 Å². The molecule has 0 heterocycles. The normalized spacial score (nSPS) is 14.6. The molecule has 34 heavy (non-hydrogen) atoms. The van der Waals surface area contributed by atoms with E-state index in [1.807, 2.05) is 0 Å². The molecule has 0 N–H and O–H groups in total. The van der Waals surface area contributed by atoms with Gasteiger partial charge in [-0.2, -0.15) is 16.8 Å². The maximum atomic E-state index is 10.9. The van der Waals surface area contributed by atoms with Crippen molar-refractivity contribution in [2.45, 2.75) is 91.9 Å². The minimum atomic E-state index is -3.34. The van der Waals surface area contributed by atoms with Gasteiger partial charge in [-0.15, -0.1) is 0 Å². The lowest BCUT2D eigenvalue weighted by Crippen LogP contribution is -2.04. The molecule has 0 atom stereocenters. The Labute approximate surface area is 209 Å². The number of hydrogen-bond donors (Lipinski definition) is 0. The van der Waals surface area contributed by atoms with Crippen LogP contribution in [0.1, 0.15) is 91.9 Å². The molecule has 6 nitrogen and oxygen atoms in total. The van der Waals surface area contributed by atoms with Gasteiger partial charge < -0.3 is 0 Å². The molecule has 8 heteroatoms. The predicted molar refractivity (Wildman–Crippen MR) is 143 cm³/mol. The molecule has 0 bridgehead atoms. The van der Waals surface area contributed by atoms with Crippen molar-refractivity contribution in [2.24, 2.45) is 0 Å². The summed E-state index contributed by atoms with van der Waals surface area (Å²) in [5.41, 5.74) is 5.35. The van der Waals surface area contributed by atoms with Crippen molar-refractivity contribution < 1.29 is 25.2 Å². The summed E-state index contributed by atoms with van der Waals surface area (Å²) in [7, 11) is -6.67. The van der Waals surface area contributed by atoms with Crippen molar-refractivity contribution in [3.8, 4) is 0 Å². The van der Waals surface area contributed by atoms with Gasteiger partial charge in [0.1, 0.15) is 0 Å². The number of allylic oxidation sites excluding steroid dienone is 8. The highest BCUT2D eigenvalue weighted by Gasteiger charge is 2.02. The molecule has 0 rings (SSSR count). The molecule has 198 valence electrons. The molecule has 0 unspecified atom stereocenters. The van der Waals surface area contributed by atoms with Crippen LogP contribution in [-0.4, -0.2) is 42.6 Å². The van der Waals surface area contributed by atoms with Gasteiger partial charge in [0.05, 0.1) is 25.7 Å². The highest BCUT2D eigenvalue weighted by molar-refractivity contribution is 7.86. The van der Waals surface area contributed by atoms with E-state index in [9.17, 15) is 16.8 Å². The standard InChI is InChI=1S/C26H46O6S2/c1-23(13-7-8-14-24(2)19-11-21-31-33(5,27)28)15-9-16-25(3)17-10-18-26(4)20-12-22-32-34(6,29)30/h13-14,16,18H,7-12,15,17,19-22H2,1-6H3/b23-13+,24-14+,25-16+,26-18+. The van der Waals surface area contributed by atoms with Gasteiger partial charge in [0.25, 0.3) is 20.2 Å². The molecule has 0 saturated heterocycles. The highest BCUT2D eigenvalue weighted by Crippen LogP contribution is 2.14. The molecule has 0 aromatic carbocycles. The first-order valence-electron chi connectivity index (χ1n) is 12.1. The Morgan fingerprint density at radius 2 is 0.824 bits per heavy atom. The smallest absolute Gasteiger partial charge is 0.264 e. The van der Waals surface area contributed by atoms with Crippen LogP contribution in [0.3, 0.4) is 0 Å². The van der Waals surface area contributed by atoms with E-state index in [0.717, 1.165) is 63.9 Å². The second kappa shape index (κ2) is 18.1. The summed E-state index contributed by atoms with van der Waals surface area (Å²) in [6.07, 6.45) is 20.6. The number of hydrogen-bond acceptors (Lipinski definition) is 6. The molecule has 0 aromatic heterocycles. The Hall–Kier alpha value is -1.22. The second-order valence-electron chi connectivity index (χ2n) is 9.12. The Kier molecular flexibility index (Phi) is 17.5. The van der Waals surface area contributed by atoms with Gasteiger partial charge in [0, 0.05) is 0 Å². The van der Waals surface area contributed by atoms with Crippen LogP contribution in [0.25, 0.3) is 0 Å². The third-order valence-electron chi connectivity index (χ3n) is 5.24. The fraction of sp³-hybridized carbons (Fsp3) is 0.692. The van der Waals surface area contributed by atoms with Crippen LogP contribution in [0.5, 0.6) is 0 Å². The molecule has 0 fully saturated rings. The maximum Gasteiger partial charge on any atom is 0.264 e.